The Hall–Kier alpha value is -2.81. The molecule has 9 heteroatoms. The maximum atomic E-state index is 13.3. The zero-order valence-corrected chi connectivity index (χ0v) is 14.0. The summed E-state index contributed by atoms with van der Waals surface area (Å²) in [5.41, 5.74) is 2.23. The minimum absolute atomic E-state index is 0.358. The van der Waals surface area contributed by atoms with E-state index in [1.165, 1.54) is 18.3 Å². The number of alkyl halides is 3. The first kappa shape index (κ1) is 17.6. The number of fused-ring (bicyclic) bond motifs is 1. The van der Waals surface area contributed by atoms with Crippen molar-refractivity contribution in [2.75, 3.05) is 6.54 Å². The Kier molecular flexibility index (Phi) is 4.39. The molecule has 5 nitrogen and oxygen atoms in total. The molecule has 0 amide bonds. The van der Waals surface area contributed by atoms with Gasteiger partial charge in [-0.25, -0.2) is 14.4 Å². The van der Waals surface area contributed by atoms with Gasteiger partial charge >= 0.3 is 6.18 Å². The van der Waals surface area contributed by atoms with Crippen molar-refractivity contribution in [2.24, 2.45) is 0 Å². The van der Waals surface area contributed by atoms with Gasteiger partial charge in [0.2, 0.25) is 5.82 Å². The van der Waals surface area contributed by atoms with Crippen molar-refractivity contribution in [3.8, 4) is 11.3 Å². The molecule has 0 fully saturated rings. The van der Waals surface area contributed by atoms with Crippen molar-refractivity contribution >= 4 is 0 Å². The summed E-state index contributed by atoms with van der Waals surface area (Å²) < 4.78 is 56.8. The normalized spacial score (nSPS) is 15.0. The Morgan fingerprint density at radius 2 is 2.04 bits per heavy atom. The number of rotatable bonds is 3. The van der Waals surface area contributed by atoms with Gasteiger partial charge in [0.25, 0.3) is 0 Å². The van der Waals surface area contributed by atoms with E-state index in [1.807, 2.05) is 4.90 Å². The third-order valence-corrected chi connectivity index (χ3v) is 4.33. The third kappa shape index (κ3) is 3.82. The van der Waals surface area contributed by atoms with E-state index in [-0.39, 0.29) is 5.82 Å². The Balaban J connectivity index is 1.46. The molecule has 1 aromatic carbocycles. The third-order valence-electron chi connectivity index (χ3n) is 4.33. The maximum absolute atomic E-state index is 13.3. The zero-order valence-electron chi connectivity index (χ0n) is 14.0. The minimum atomic E-state index is -4.54. The van der Waals surface area contributed by atoms with Crippen molar-refractivity contribution in [3.63, 3.8) is 0 Å². The lowest BCUT2D eigenvalue weighted by Crippen LogP contribution is -2.31. The van der Waals surface area contributed by atoms with Crippen LogP contribution < -0.4 is 0 Å². The quantitative estimate of drug-likeness (QED) is 0.648. The lowest BCUT2D eigenvalue weighted by Gasteiger charge is -2.27. The lowest BCUT2D eigenvalue weighted by atomic mass is 10.1. The summed E-state index contributed by atoms with van der Waals surface area (Å²) in [6.07, 6.45) is -2.92. The van der Waals surface area contributed by atoms with Gasteiger partial charge in [0, 0.05) is 42.9 Å². The molecule has 0 saturated carbocycles. The highest BCUT2D eigenvalue weighted by molar-refractivity contribution is 5.58. The average Bonchev–Trinajstić information content (AvgIpc) is 3.09. The fraction of sp³-hybridized carbons (Fsp3) is 0.278. The molecule has 2 aromatic heterocycles. The van der Waals surface area contributed by atoms with Crippen molar-refractivity contribution in [1.82, 2.24) is 20.0 Å². The average molecular weight is 378 g/mol. The largest absolute Gasteiger partial charge is 0.451 e. The van der Waals surface area contributed by atoms with Crippen LogP contribution in [0, 0.1) is 5.82 Å². The standard InChI is InChI=1S/C18H14F4N4O/c19-13-3-1-2-11(6-13)16-7-14(27-25-16)10-26-5-4-15-12(9-26)8-23-17(24-15)18(20,21)22/h1-3,6-8H,4-5,9-10H2. The molecule has 0 N–H and O–H groups in total. The summed E-state index contributed by atoms with van der Waals surface area (Å²) in [4.78, 5) is 9.08. The molecule has 0 aliphatic carbocycles. The molecule has 1 aliphatic heterocycles. The summed E-state index contributed by atoms with van der Waals surface area (Å²) in [5, 5.41) is 3.96. The van der Waals surface area contributed by atoms with E-state index in [2.05, 4.69) is 15.1 Å². The fourth-order valence-electron chi connectivity index (χ4n) is 3.04. The van der Waals surface area contributed by atoms with Gasteiger partial charge in [0.1, 0.15) is 11.5 Å². The SMILES string of the molecule is Fc1cccc(-c2cc(CN3CCc4nc(C(F)(F)F)ncc4C3)on2)c1. The van der Waals surface area contributed by atoms with Crippen LogP contribution >= 0.6 is 0 Å². The van der Waals surface area contributed by atoms with Gasteiger partial charge in [-0.2, -0.15) is 13.2 Å². The summed E-state index contributed by atoms with van der Waals surface area (Å²) in [7, 11) is 0. The van der Waals surface area contributed by atoms with Crippen LogP contribution in [0.25, 0.3) is 11.3 Å². The molecular formula is C18H14F4N4O. The van der Waals surface area contributed by atoms with Gasteiger partial charge in [0.05, 0.1) is 12.2 Å². The molecule has 4 rings (SSSR count). The van der Waals surface area contributed by atoms with E-state index in [1.54, 1.807) is 18.2 Å². The number of nitrogens with zero attached hydrogens (tertiary/aromatic N) is 4. The van der Waals surface area contributed by atoms with Crippen LogP contribution in [0.3, 0.4) is 0 Å². The van der Waals surface area contributed by atoms with Crippen molar-refractivity contribution in [2.45, 2.75) is 25.7 Å². The Morgan fingerprint density at radius 1 is 1.19 bits per heavy atom. The van der Waals surface area contributed by atoms with E-state index in [0.717, 1.165) is 0 Å². The molecular weight excluding hydrogens is 364 g/mol. The van der Waals surface area contributed by atoms with Crippen LogP contribution in [-0.4, -0.2) is 26.6 Å². The fourth-order valence-corrected chi connectivity index (χ4v) is 3.04. The van der Waals surface area contributed by atoms with Gasteiger partial charge < -0.3 is 4.52 Å². The molecule has 0 radical (unpaired) electrons. The topological polar surface area (TPSA) is 55.1 Å². The summed E-state index contributed by atoms with van der Waals surface area (Å²) in [6, 6.07) is 7.77. The molecule has 3 heterocycles. The second-order valence-corrected chi connectivity index (χ2v) is 6.31. The van der Waals surface area contributed by atoms with Crippen molar-refractivity contribution in [3.05, 3.63) is 65.2 Å². The van der Waals surface area contributed by atoms with E-state index in [9.17, 15) is 17.6 Å². The van der Waals surface area contributed by atoms with E-state index in [0.29, 0.717) is 54.3 Å². The molecule has 1 aliphatic rings. The smallest absolute Gasteiger partial charge is 0.359 e. The highest BCUT2D eigenvalue weighted by Crippen LogP contribution is 2.28. The molecule has 0 atom stereocenters. The van der Waals surface area contributed by atoms with E-state index < -0.39 is 12.0 Å². The van der Waals surface area contributed by atoms with Gasteiger partial charge in [-0.15, -0.1) is 0 Å². The molecule has 0 unspecified atom stereocenters. The molecule has 140 valence electrons. The first-order valence-corrected chi connectivity index (χ1v) is 8.24. The zero-order chi connectivity index (χ0) is 19.0. The van der Waals surface area contributed by atoms with Gasteiger partial charge in [-0.3, -0.25) is 4.90 Å². The van der Waals surface area contributed by atoms with Crippen LogP contribution in [0.2, 0.25) is 0 Å². The predicted octanol–water partition coefficient (Wildman–Crippen LogP) is 3.85. The van der Waals surface area contributed by atoms with E-state index >= 15 is 0 Å². The molecule has 3 aromatic rings. The molecule has 0 spiro atoms. The molecule has 27 heavy (non-hydrogen) atoms. The second-order valence-electron chi connectivity index (χ2n) is 6.31. The predicted molar refractivity (Wildman–Crippen MR) is 86.7 cm³/mol. The van der Waals surface area contributed by atoms with Gasteiger partial charge in [-0.1, -0.05) is 17.3 Å². The molecule has 0 saturated heterocycles. The van der Waals surface area contributed by atoms with Gasteiger partial charge in [-0.05, 0) is 12.1 Å². The Labute approximate surface area is 151 Å². The first-order chi connectivity index (χ1) is 12.9. The first-order valence-electron chi connectivity index (χ1n) is 8.24. The number of hydrogen-bond acceptors (Lipinski definition) is 5. The van der Waals surface area contributed by atoms with Crippen molar-refractivity contribution in [1.29, 1.82) is 0 Å². The van der Waals surface area contributed by atoms with Crippen molar-refractivity contribution < 1.29 is 22.1 Å². The van der Waals surface area contributed by atoms with Crippen LogP contribution in [-0.2, 0) is 25.7 Å². The molecule has 0 bridgehead atoms. The number of halogens is 4. The summed E-state index contributed by atoms with van der Waals surface area (Å²) in [5.74, 6) is -0.877. The van der Waals surface area contributed by atoms with Gasteiger partial charge in [0.15, 0.2) is 5.76 Å². The summed E-state index contributed by atoms with van der Waals surface area (Å²) in [6.45, 7) is 1.39. The Bertz CT molecular complexity index is 970. The van der Waals surface area contributed by atoms with Crippen LogP contribution in [0.4, 0.5) is 17.6 Å². The maximum Gasteiger partial charge on any atom is 0.451 e. The minimum Gasteiger partial charge on any atom is -0.359 e. The highest BCUT2D eigenvalue weighted by atomic mass is 19.4. The van der Waals surface area contributed by atoms with Crippen LogP contribution in [0.15, 0.2) is 41.1 Å². The van der Waals surface area contributed by atoms with Crippen LogP contribution in [0.5, 0.6) is 0 Å². The monoisotopic (exact) mass is 378 g/mol. The lowest BCUT2D eigenvalue weighted by molar-refractivity contribution is -0.145. The number of benzene rings is 1. The summed E-state index contributed by atoms with van der Waals surface area (Å²) >= 11 is 0. The van der Waals surface area contributed by atoms with Crippen LogP contribution in [0.1, 0.15) is 22.8 Å². The highest BCUT2D eigenvalue weighted by Gasteiger charge is 2.35. The van der Waals surface area contributed by atoms with E-state index in [4.69, 9.17) is 4.52 Å². The second kappa shape index (κ2) is 6.73. The number of hydrogen-bond donors (Lipinski definition) is 0. The Morgan fingerprint density at radius 3 is 2.81 bits per heavy atom. The number of aromatic nitrogens is 3.